The second-order valence-electron chi connectivity index (χ2n) is 7.85. The molecule has 0 spiro atoms. The predicted molar refractivity (Wildman–Crippen MR) is 103 cm³/mol. The van der Waals surface area contributed by atoms with Crippen LogP contribution < -0.4 is 5.32 Å². The molecule has 3 rings (SSSR count). The average Bonchev–Trinajstić information content (AvgIpc) is 3.36. The van der Waals surface area contributed by atoms with E-state index in [0.717, 1.165) is 18.6 Å². The van der Waals surface area contributed by atoms with Crippen LogP contribution in [-0.2, 0) is 17.4 Å². The molecule has 9 heteroatoms. The Morgan fingerprint density at radius 3 is 2.57 bits per heavy atom. The highest BCUT2D eigenvalue weighted by molar-refractivity contribution is 5.91. The highest BCUT2D eigenvalue weighted by Gasteiger charge is 2.30. The van der Waals surface area contributed by atoms with Gasteiger partial charge in [0.15, 0.2) is 0 Å². The van der Waals surface area contributed by atoms with Crippen molar-refractivity contribution in [2.24, 2.45) is 5.92 Å². The third kappa shape index (κ3) is 5.40. The quantitative estimate of drug-likeness (QED) is 0.770. The van der Waals surface area contributed by atoms with E-state index in [4.69, 9.17) is 4.52 Å². The maximum atomic E-state index is 12.6. The second-order valence-corrected chi connectivity index (χ2v) is 7.85. The number of likely N-dealkylation sites (tertiary alicyclic amines) is 1. The molecular weight excluding hydrogens is 399 g/mol. The Hall–Kier alpha value is -2.84. The van der Waals surface area contributed by atoms with E-state index >= 15 is 0 Å². The molecule has 162 valence electrons. The summed E-state index contributed by atoms with van der Waals surface area (Å²) in [4.78, 5) is 26.3. The number of aromatic nitrogens is 1. The van der Waals surface area contributed by atoms with Gasteiger partial charge < -0.3 is 14.7 Å². The van der Waals surface area contributed by atoms with Gasteiger partial charge in [-0.05, 0) is 36.0 Å². The fourth-order valence-corrected chi connectivity index (χ4v) is 3.32. The van der Waals surface area contributed by atoms with E-state index in [0.29, 0.717) is 30.9 Å². The van der Waals surface area contributed by atoms with Gasteiger partial charge >= 0.3 is 6.18 Å². The standard InChI is InChI=1S/C21H24F3N3O3/c1-13(2)17-10-18(30-26-17)20(29)25-11-15-7-8-27(12-15)19(28)9-14-3-5-16(6-4-14)21(22,23)24/h3-6,10,13,15H,7-9,11-12H2,1-2H3,(H,25,29)/t15-/m0/s1. The minimum atomic E-state index is -4.39. The summed E-state index contributed by atoms with van der Waals surface area (Å²) in [5.41, 5.74) is 0.514. The minimum Gasteiger partial charge on any atom is -0.351 e. The summed E-state index contributed by atoms with van der Waals surface area (Å²) in [5, 5.41) is 6.66. The lowest BCUT2D eigenvalue weighted by Gasteiger charge is -2.17. The van der Waals surface area contributed by atoms with E-state index in [1.807, 2.05) is 13.8 Å². The van der Waals surface area contributed by atoms with E-state index in [9.17, 15) is 22.8 Å². The summed E-state index contributed by atoms with van der Waals surface area (Å²) in [5.74, 6) is -0.0522. The Kier molecular flexibility index (Phi) is 6.48. The first-order chi connectivity index (χ1) is 14.1. The topological polar surface area (TPSA) is 75.4 Å². The number of nitrogens with one attached hydrogen (secondary N) is 1. The van der Waals surface area contributed by atoms with Gasteiger partial charge in [0.1, 0.15) is 0 Å². The SMILES string of the molecule is CC(C)c1cc(C(=O)NC[C@@H]2CCN(C(=O)Cc3ccc(C(F)(F)F)cc3)C2)on1. The molecule has 2 aromatic rings. The van der Waals surface area contributed by atoms with E-state index in [1.165, 1.54) is 12.1 Å². The zero-order valence-electron chi connectivity index (χ0n) is 16.8. The van der Waals surface area contributed by atoms with Crippen molar-refractivity contribution in [2.45, 2.75) is 38.8 Å². The number of hydrogen-bond acceptors (Lipinski definition) is 4. The van der Waals surface area contributed by atoms with Crippen molar-refractivity contribution in [3.05, 3.63) is 52.9 Å². The summed E-state index contributed by atoms with van der Waals surface area (Å²) in [6, 6.07) is 6.25. The van der Waals surface area contributed by atoms with Crippen molar-refractivity contribution in [1.29, 1.82) is 0 Å². The van der Waals surface area contributed by atoms with Crippen LogP contribution in [0.25, 0.3) is 0 Å². The van der Waals surface area contributed by atoms with Crippen LogP contribution in [-0.4, -0.2) is 41.5 Å². The van der Waals surface area contributed by atoms with Crippen LogP contribution in [0.5, 0.6) is 0 Å². The third-order valence-corrected chi connectivity index (χ3v) is 5.17. The molecule has 1 saturated heterocycles. The maximum absolute atomic E-state index is 12.6. The second kappa shape index (κ2) is 8.89. The van der Waals surface area contributed by atoms with Gasteiger partial charge in [0, 0.05) is 25.7 Å². The molecule has 1 fully saturated rings. The van der Waals surface area contributed by atoms with E-state index in [1.54, 1.807) is 11.0 Å². The Labute approximate surface area is 172 Å². The first-order valence-corrected chi connectivity index (χ1v) is 9.82. The lowest BCUT2D eigenvalue weighted by atomic mass is 10.1. The van der Waals surface area contributed by atoms with Gasteiger partial charge in [-0.2, -0.15) is 13.2 Å². The van der Waals surface area contributed by atoms with Crippen LogP contribution >= 0.6 is 0 Å². The summed E-state index contributed by atoms with van der Waals surface area (Å²) < 4.78 is 43.0. The van der Waals surface area contributed by atoms with E-state index in [-0.39, 0.29) is 35.8 Å². The molecule has 2 heterocycles. The molecule has 0 saturated carbocycles. The Balaban J connectivity index is 1.46. The van der Waals surface area contributed by atoms with Crippen LogP contribution in [0.15, 0.2) is 34.9 Å². The molecule has 1 aliphatic rings. The predicted octanol–water partition coefficient (Wildman–Crippen LogP) is 3.64. The van der Waals surface area contributed by atoms with Crippen molar-refractivity contribution in [2.75, 3.05) is 19.6 Å². The smallest absolute Gasteiger partial charge is 0.351 e. The summed E-state index contributed by atoms with van der Waals surface area (Å²) in [6.07, 6.45) is -3.60. The van der Waals surface area contributed by atoms with Crippen LogP contribution in [0.2, 0.25) is 0 Å². The van der Waals surface area contributed by atoms with Gasteiger partial charge in [-0.25, -0.2) is 0 Å². The molecule has 0 radical (unpaired) electrons. The Morgan fingerprint density at radius 1 is 1.27 bits per heavy atom. The molecule has 0 unspecified atom stereocenters. The molecule has 1 atom stereocenters. The molecule has 1 aromatic carbocycles. The van der Waals surface area contributed by atoms with Gasteiger partial charge in [0.05, 0.1) is 17.7 Å². The van der Waals surface area contributed by atoms with Crippen molar-refractivity contribution in [1.82, 2.24) is 15.4 Å². The molecule has 1 aliphatic heterocycles. The van der Waals surface area contributed by atoms with Gasteiger partial charge in [-0.3, -0.25) is 9.59 Å². The largest absolute Gasteiger partial charge is 0.416 e. The number of carbonyl (C=O) groups is 2. The number of hydrogen-bond donors (Lipinski definition) is 1. The van der Waals surface area contributed by atoms with Gasteiger partial charge in [0.2, 0.25) is 11.7 Å². The van der Waals surface area contributed by atoms with Crippen LogP contribution in [0.1, 0.15) is 53.6 Å². The molecule has 6 nitrogen and oxygen atoms in total. The number of rotatable bonds is 6. The zero-order chi connectivity index (χ0) is 21.9. The molecular formula is C21H24F3N3O3. The summed E-state index contributed by atoms with van der Waals surface area (Å²) in [7, 11) is 0. The van der Waals surface area contributed by atoms with E-state index < -0.39 is 11.7 Å². The highest BCUT2D eigenvalue weighted by Crippen LogP contribution is 2.29. The molecule has 1 N–H and O–H groups in total. The normalized spacial score (nSPS) is 16.9. The minimum absolute atomic E-state index is 0.0489. The molecule has 1 aromatic heterocycles. The van der Waals surface area contributed by atoms with Crippen LogP contribution in [0.4, 0.5) is 13.2 Å². The van der Waals surface area contributed by atoms with Crippen molar-refractivity contribution < 1.29 is 27.3 Å². The zero-order valence-corrected chi connectivity index (χ0v) is 16.8. The fraction of sp³-hybridized carbons (Fsp3) is 0.476. The maximum Gasteiger partial charge on any atom is 0.416 e. The Bertz CT molecular complexity index is 891. The van der Waals surface area contributed by atoms with Crippen LogP contribution in [0, 0.1) is 5.92 Å². The summed E-state index contributed by atoms with van der Waals surface area (Å²) in [6.45, 7) is 5.36. The van der Waals surface area contributed by atoms with Crippen molar-refractivity contribution in [3.63, 3.8) is 0 Å². The number of alkyl halides is 3. The number of nitrogens with zero attached hydrogens (tertiary/aromatic N) is 2. The third-order valence-electron chi connectivity index (χ3n) is 5.17. The lowest BCUT2D eigenvalue weighted by molar-refractivity contribution is -0.137. The highest BCUT2D eigenvalue weighted by atomic mass is 19.4. The number of amides is 2. The lowest BCUT2D eigenvalue weighted by Crippen LogP contribution is -2.33. The molecule has 2 amide bonds. The number of halogens is 3. The molecule has 0 bridgehead atoms. The Morgan fingerprint density at radius 2 is 1.97 bits per heavy atom. The monoisotopic (exact) mass is 423 g/mol. The molecule has 30 heavy (non-hydrogen) atoms. The average molecular weight is 423 g/mol. The fourth-order valence-electron chi connectivity index (χ4n) is 3.32. The van der Waals surface area contributed by atoms with Crippen molar-refractivity contribution >= 4 is 11.8 Å². The molecule has 0 aliphatic carbocycles. The first kappa shape index (κ1) is 21.9. The number of benzene rings is 1. The van der Waals surface area contributed by atoms with Gasteiger partial charge in [-0.15, -0.1) is 0 Å². The first-order valence-electron chi connectivity index (χ1n) is 9.82. The van der Waals surface area contributed by atoms with Crippen molar-refractivity contribution in [3.8, 4) is 0 Å². The van der Waals surface area contributed by atoms with Gasteiger partial charge in [0.25, 0.3) is 5.91 Å². The van der Waals surface area contributed by atoms with Crippen LogP contribution in [0.3, 0.4) is 0 Å². The van der Waals surface area contributed by atoms with E-state index in [2.05, 4.69) is 10.5 Å². The summed E-state index contributed by atoms with van der Waals surface area (Å²) >= 11 is 0. The number of carbonyl (C=O) groups excluding carboxylic acids is 2. The van der Waals surface area contributed by atoms with Gasteiger partial charge in [-0.1, -0.05) is 31.1 Å².